The number of nitrogens with one attached hydrogen (secondary N) is 2. The second-order valence-corrected chi connectivity index (χ2v) is 15.9. The van der Waals surface area contributed by atoms with Crippen LogP contribution >= 0.6 is 0 Å². The number of hydrogen-bond acceptors (Lipinski definition) is 9. The summed E-state index contributed by atoms with van der Waals surface area (Å²) in [5.74, 6) is -0.621. The van der Waals surface area contributed by atoms with Crippen LogP contribution < -0.4 is 24.8 Å². The molecule has 4 atom stereocenters. The van der Waals surface area contributed by atoms with Gasteiger partial charge < -0.3 is 39.6 Å². The van der Waals surface area contributed by atoms with Gasteiger partial charge in [-0.15, -0.1) is 0 Å². The molecule has 13 nitrogen and oxygen atoms in total. The van der Waals surface area contributed by atoms with E-state index in [2.05, 4.69) is 10.6 Å². The van der Waals surface area contributed by atoms with Crippen LogP contribution in [0, 0.1) is 0 Å². The highest BCUT2D eigenvalue weighted by molar-refractivity contribution is 5.95. The molecule has 3 N–H and O–H groups in total. The van der Waals surface area contributed by atoms with Gasteiger partial charge in [-0.1, -0.05) is 61.7 Å². The van der Waals surface area contributed by atoms with Gasteiger partial charge in [0, 0.05) is 35.9 Å². The summed E-state index contributed by atoms with van der Waals surface area (Å²) in [6.07, 6.45) is 1.69. The Labute approximate surface area is 333 Å². The van der Waals surface area contributed by atoms with E-state index in [1.165, 1.54) is 11.8 Å². The molecule has 1 fully saturated rings. The molecule has 302 valence electrons. The number of fused-ring (bicyclic) bond motifs is 4. The van der Waals surface area contributed by atoms with Crippen LogP contribution in [0.2, 0.25) is 0 Å². The predicted molar refractivity (Wildman–Crippen MR) is 214 cm³/mol. The lowest BCUT2D eigenvalue weighted by atomic mass is 9.93. The summed E-state index contributed by atoms with van der Waals surface area (Å²) in [6, 6.07) is 22.0. The van der Waals surface area contributed by atoms with Gasteiger partial charge >= 0.3 is 12.1 Å². The molecule has 3 heterocycles. The third-order valence-electron chi connectivity index (χ3n) is 10.2. The normalized spacial score (nSPS) is 22.3. The smallest absolute Gasteiger partial charge is 0.408 e. The van der Waals surface area contributed by atoms with Crippen LogP contribution in [0.4, 0.5) is 4.79 Å². The van der Waals surface area contributed by atoms with Crippen LogP contribution in [0.5, 0.6) is 17.2 Å². The molecule has 57 heavy (non-hydrogen) atoms. The van der Waals surface area contributed by atoms with Crippen molar-refractivity contribution < 1.29 is 43.2 Å². The first-order valence-electron chi connectivity index (χ1n) is 19.5. The molecular formula is C44H52N4O9. The lowest BCUT2D eigenvalue weighted by Crippen LogP contribution is -2.59. The fourth-order valence-electron chi connectivity index (χ4n) is 7.26. The van der Waals surface area contributed by atoms with E-state index < -0.39 is 53.2 Å². The van der Waals surface area contributed by atoms with Gasteiger partial charge in [0.25, 0.3) is 0 Å². The molecule has 13 heteroatoms. The number of alkyl carbamates (subject to hydrolysis) is 1. The maximum atomic E-state index is 14.8. The van der Waals surface area contributed by atoms with Crippen molar-refractivity contribution in [3.05, 3.63) is 84.4 Å². The van der Waals surface area contributed by atoms with Crippen molar-refractivity contribution in [3.8, 4) is 28.5 Å². The second-order valence-electron chi connectivity index (χ2n) is 15.9. The van der Waals surface area contributed by atoms with E-state index in [-0.39, 0.29) is 25.8 Å². The number of rotatable bonds is 6. The van der Waals surface area contributed by atoms with Crippen molar-refractivity contribution in [1.82, 2.24) is 20.5 Å². The summed E-state index contributed by atoms with van der Waals surface area (Å²) in [6.45, 7) is 7.09. The Kier molecular flexibility index (Phi) is 12.5. The molecule has 3 amide bonds. The minimum absolute atomic E-state index is 0.0308. The Morgan fingerprint density at radius 2 is 1.75 bits per heavy atom. The van der Waals surface area contributed by atoms with Crippen molar-refractivity contribution in [2.75, 3.05) is 20.3 Å². The number of amides is 3. The van der Waals surface area contributed by atoms with Gasteiger partial charge in [0.15, 0.2) is 0 Å². The zero-order chi connectivity index (χ0) is 40.7. The predicted octanol–water partition coefficient (Wildman–Crippen LogP) is 6.70. The average Bonchev–Trinajstić information content (AvgIpc) is 3.60. The highest BCUT2D eigenvalue weighted by Gasteiger charge is 2.46. The molecular weight excluding hydrogens is 729 g/mol. The number of ether oxygens (including phenoxy) is 4. The van der Waals surface area contributed by atoms with Gasteiger partial charge in [-0.25, -0.2) is 14.6 Å². The summed E-state index contributed by atoms with van der Waals surface area (Å²) < 4.78 is 23.8. The second kappa shape index (κ2) is 17.5. The maximum Gasteiger partial charge on any atom is 0.408 e. The quantitative estimate of drug-likeness (QED) is 0.192. The molecule has 1 aromatic heterocycles. The molecule has 0 aliphatic carbocycles. The van der Waals surface area contributed by atoms with E-state index in [0.717, 1.165) is 30.4 Å². The lowest BCUT2D eigenvalue weighted by molar-refractivity contribution is -0.149. The first kappa shape index (κ1) is 40.8. The van der Waals surface area contributed by atoms with Gasteiger partial charge in [0.2, 0.25) is 11.8 Å². The van der Waals surface area contributed by atoms with Crippen LogP contribution in [0.1, 0.15) is 71.8 Å². The Balaban J connectivity index is 1.39. The number of benzene rings is 3. The average molecular weight is 781 g/mol. The number of carboxylic acids is 1. The Bertz CT molecular complexity index is 2090. The van der Waals surface area contributed by atoms with E-state index in [9.17, 15) is 24.3 Å². The van der Waals surface area contributed by atoms with Gasteiger partial charge in [-0.3, -0.25) is 9.59 Å². The number of aromatic nitrogens is 1. The number of carbonyl (C=O) groups excluding carboxylic acids is 3. The Morgan fingerprint density at radius 1 is 0.982 bits per heavy atom. The minimum atomic E-state index is -1.59. The van der Waals surface area contributed by atoms with Crippen LogP contribution in [-0.2, 0) is 25.5 Å². The first-order valence-corrected chi connectivity index (χ1v) is 19.5. The van der Waals surface area contributed by atoms with E-state index in [1.54, 1.807) is 33.9 Å². The van der Waals surface area contributed by atoms with Crippen LogP contribution in [-0.4, -0.2) is 88.5 Å². The number of carbonyl (C=O) groups is 4. The molecule has 3 aromatic carbocycles. The summed E-state index contributed by atoms with van der Waals surface area (Å²) in [5.41, 5.74) is 0.426. The third-order valence-corrected chi connectivity index (χ3v) is 10.2. The summed E-state index contributed by atoms with van der Waals surface area (Å²) in [7, 11) is 1.58. The highest BCUT2D eigenvalue weighted by atomic mass is 16.6. The van der Waals surface area contributed by atoms with Crippen LogP contribution in [0.3, 0.4) is 0 Å². The molecule has 1 saturated heterocycles. The molecule has 0 unspecified atom stereocenters. The standard InChI is InChI=1S/C44H52N4O9/c1-43(2,3)57-42(53)46-36-23-28-14-13-17-31(22-28)55-21-12-7-6-11-20-44(4,41(51)52)47-39(49)37-25-32(27-48(37)40(36)50)56-38-26-34(29-15-9-8-10-16-29)45-35-24-30(54-5)18-19-33(35)38/h8-10,13-19,22,24,26,32,36-37H,6-7,11-12,20-21,23,25,27H2,1-5H3,(H,46,53)(H,47,49)(H,51,52)/t32-,36-,37+,44-/m1/s1. The van der Waals surface area contributed by atoms with E-state index in [1.807, 2.05) is 72.8 Å². The number of nitrogens with zero attached hydrogens (tertiary/aromatic N) is 2. The van der Waals surface area contributed by atoms with E-state index in [0.29, 0.717) is 46.9 Å². The van der Waals surface area contributed by atoms with Crippen molar-refractivity contribution >= 4 is 34.8 Å². The molecule has 4 aromatic rings. The van der Waals surface area contributed by atoms with Gasteiger partial charge in [0.1, 0.15) is 46.6 Å². The molecule has 2 aliphatic rings. The summed E-state index contributed by atoms with van der Waals surface area (Å²) >= 11 is 0. The number of aliphatic carboxylic acids is 1. The van der Waals surface area contributed by atoms with Gasteiger partial charge in [-0.2, -0.15) is 0 Å². The topological polar surface area (TPSA) is 166 Å². The van der Waals surface area contributed by atoms with Crippen molar-refractivity contribution in [1.29, 1.82) is 0 Å². The first-order chi connectivity index (χ1) is 27.2. The fraction of sp³-hybridized carbons (Fsp3) is 0.432. The number of methoxy groups -OCH3 is 1. The molecule has 6 rings (SSSR count). The zero-order valence-corrected chi connectivity index (χ0v) is 33.2. The van der Waals surface area contributed by atoms with Crippen molar-refractivity contribution in [3.63, 3.8) is 0 Å². The maximum absolute atomic E-state index is 14.8. The van der Waals surface area contributed by atoms with Gasteiger partial charge in [-0.05, 0) is 70.4 Å². The third kappa shape index (κ3) is 10.3. The van der Waals surface area contributed by atoms with Crippen LogP contribution in [0.15, 0.2) is 78.9 Å². The van der Waals surface area contributed by atoms with Gasteiger partial charge in [0.05, 0.1) is 31.5 Å². The molecule has 0 spiro atoms. The Morgan fingerprint density at radius 3 is 2.49 bits per heavy atom. The van der Waals surface area contributed by atoms with E-state index >= 15 is 0 Å². The largest absolute Gasteiger partial charge is 0.497 e. The lowest BCUT2D eigenvalue weighted by Gasteiger charge is -2.32. The SMILES string of the molecule is COc1ccc2c(O[C@@H]3C[C@H]4C(=O)N[C@@](C)(C(=O)O)CCCCCCOc5cccc(c5)C[C@@H](NC(=O)OC(C)(C)C)C(=O)N4C3)cc(-c3ccccc3)nc2c1. The molecule has 0 saturated carbocycles. The highest BCUT2D eigenvalue weighted by Crippen LogP contribution is 2.35. The Hall–Kier alpha value is -5.85. The number of pyridine rings is 1. The minimum Gasteiger partial charge on any atom is -0.497 e. The number of hydrogen-bond donors (Lipinski definition) is 3. The monoisotopic (exact) mass is 780 g/mol. The van der Waals surface area contributed by atoms with E-state index in [4.69, 9.17) is 23.9 Å². The molecule has 0 radical (unpaired) electrons. The molecule has 2 bridgehead atoms. The van der Waals surface area contributed by atoms with Crippen molar-refractivity contribution in [2.45, 2.75) is 102 Å². The van der Waals surface area contributed by atoms with Crippen molar-refractivity contribution in [2.24, 2.45) is 0 Å². The zero-order valence-electron chi connectivity index (χ0n) is 33.2. The summed E-state index contributed by atoms with van der Waals surface area (Å²) in [5, 5.41) is 16.6. The fourth-order valence-corrected chi connectivity index (χ4v) is 7.26. The summed E-state index contributed by atoms with van der Waals surface area (Å²) in [4.78, 5) is 61.4. The van der Waals surface area contributed by atoms with Crippen LogP contribution in [0.25, 0.3) is 22.2 Å². The molecule has 2 aliphatic heterocycles. The number of carboxylic acid groups (broad SMARTS) is 1.